The normalized spacial score (nSPS) is 11.2. The summed E-state index contributed by atoms with van der Waals surface area (Å²) >= 11 is 5.67. The summed E-state index contributed by atoms with van der Waals surface area (Å²) in [6.45, 7) is 0. The Balaban J connectivity index is 2.15. The van der Waals surface area contributed by atoms with Gasteiger partial charge in [0.05, 0.1) is 23.6 Å². The van der Waals surface area contributed by atoms with Crippen LogP contribution < -0.4 is 5.32 Å². The summed E-state index contributed by atoms with van der Waals surface area (Å²) in [5.41, 5.74) is -0.878. The Hall–Kier alpha value is -2.22. The number of amides is 1. The van der Waals surface area contributed by atoms with E-state index in [0.29, 0.717) is 0 Å². The molecule has 0 fully saturated rings. The third-order valence-electron chi connectivity index (χ3n) is 2.23. The van der Waals surface area contributed by atoms with Crippen LogP contribution >= 0.6 is 11.6 Å². The molecule has 20 heavy (non-hydrogen) atoms. The number of halogens is 4. The Morgan fingerprint density at radius 2 is 2.00 bits per heavy atom. The summed E-state index contributed by atoms with van der Waals surface area (Å²) in [4.78, 5) is 15.0. The van der Waals surface area contributed by atoms with Gasteiger partial charge in [0.25, 0.3) is 5.91 Å². The molecule has 0 aromatic carbocycles. The highest BCUT2D eigenvalue weighted by Crippen LogP contribution is 2.27. The summed E-state index contributed by atoms with van der Waals surface area (Å²) in [6.07, 6.45) is -2.35. The Kier molecular flexibility index (Phi) is 3.84. The number of nitrogens with zero attached hydrogens (tertiary/aromatic N) is 3. The van der Waals surface area contributed by atoms with Crippen molar-refractivity contribution in [2.24, 2.45) is 0 Å². The molecule has 0 spiro atoms. The molecule has 0 aliphatic heterocycles. The molecule has 0 unspecified atom stereocenters. The van der Waals surface area contributed by atoms with E-state index in [9.17, 15) is 18.0 Å². The van der Waals surface area contributed by atoms with Crippen molar-refractivity contribution in [1.29, 1.82) is 0 Å². The molecule has 104 valence electrons. The first-order valence-corrected chi connectivity index (χ1v) is 5.57. The zero-order valence-corrected chi connectivity index (χ0v) is 10.4. The minimum absolute atomic E-state index is 0.0570. The van der Waals surface area contributed by atoms with Crippen LogP contribution in [-0.2, 0) is 6.18 Å². The summed E-state index contributed by atoms with van der Waals surface area (Å²) in [6, 6.07) is 3.19. The first-order chi connectivity index (χ1) is 9.38. The average Bonchev–Trinajstić information content (AvgIpc) is 2.38. The molecular formula is C11H6ClF3N4O. The Morgan fingerprint density at radius 1 is 1.25 bits per heavy atom. The van der Waals surface area contributed by atoms with Crippen molar-refractivity contribution in [3.05, 3.63) is 47.0 Å². The molecule has 0 atom stereocenters. The molecule has 1 amide bonds. The van der Waals surface area contributed by atoms with E-state index in [0.717, 1.165) is 18.3 Å². The van der Waals surface area contributed by atoms with Crippen LogP contribution in [-0.4, -0.2) is 21.1 Å². The number of carbonyl (C=O) groups excluding carboxylic acids is 1. The van der Waals surface area contributed by atoms with Crippen LogP contribution in [0, 0.1) is 0 Å². The minimum Gasteiger partial charge on any atom is -0.320 e. The fourth-order valence-electron chi connectivity index (χ4n) is 1.32. The number of anilines is 1. The van der Waals surface area contributed by atoms with Gasteiger partial charge in [0, 0.05) is 0 Å². The number of hydrogen-bond acceptors (Lipinski definition) is 4. The lowest BCUT2D eigenvalue weighted by Gasteiger charge is -2.08. The zero-order valence-electron chi connectivity index (χ0n) is 9.65. The first-order valence-electron chi connectivity index (χ1n) is 5.20. The van der Waals surface area contributed by atoms with E-state index in [4.69, 9.17) is 11.6 Å². The number of rotatable bonds is 2. The molecule has 5 nitrogen and oxygen atoms in total. The zero-order chi connectivity index (χ0) is 14.8. The second-order valence-corrected chi connectivity index (χ2v) is 3.98. The van der Waals surface area contributed by atoms with E-state index >= 15 is 0 Å². The van der Waals surface area contributed by atoms with Gasteiger partial charge in [-0.2, -0.15) is 18.3 Å². The van der Waals surface area contributed by atoms with Crippen molar-refractivity contribution in [1.82, 2.24) is 15.2 Å². The maximum atomic E-state index is 12.3. The fraction of sp³-hybridized carbons (Fsp3) is 0.0909. The largest absolute Gasteiger partial charge is 0.433 e. The molecule has 2 heterocycles. The SMILES string of the molecule is O=C(Nc1ccc(C(F)(F)F)nc1)c1ccnnc1Cl. The molecule has 0 bridgehead atoms. The number of nitrogens with one attached hydrogen (secondary N) is 1. The minimum atomic E-state index is -4.53. The number of hydrogen-bond donors (Lipinski definition) is 1. The van der Waals surface area contributed by atoms with Crippen LogP contribution in [0.1, 0.15) is 16.1 Å². The molecular weight excluding hydrogens is 297 g/mol. The number of aromatic nitrogens is 3. The van der Waals surface area contributed by atoms with Gasteiger partial charge >= 0.3 is 6.18 Å². The summed E-state index contributed by atoms with van der Waals surface area (Å²) in [7, 11) is 0. The molecule has 0 saturated heterocycles. The molecule has 0 saturated carbocycles. The van der Waals surface area contributed by atoms with Gasteiger partial charge in [0.15, 0.2) is 5.15 Å². The topological polar surface area (TPSA) is 67.8 Å². The van der Waals surface area contributed by atoms with Gasteiger partial charge < -0.3 is 5.32 Å². The van der Waals surface area contributed by atoms with Crippen LogP contribution in [0.4, 0.5) is 18.9 Å². The van der Waals surface area contributed by atoms with Crippen molar-refractivity contribution in [2.45, 2.75) is 6.18 Å². The lowest BCUT2D eigenvalue weighted by molar-refractivity contribution is -0.141. The van der Waals surface area contributed by atoms with Crippen LogP contribution in [0.2, 0.25) is 5.15 Å². The third kappa shape index (κ3) is 3.21. The highest BCUT2D eigenvalue weighted by atomic mass is 35.5. The van der Waals surface area contributed by atoms with Crippen LogP contribution in [0.25, 0.3) is 0 Å². The molecule has 1 N–H and O–H groups in total. The van der Waals surface area contributed by atoms with E-state index in [1.165, 1.54) is 12.3 Å². The fourth-order valence-corrected chi connectivity index (χ4v) is 1.51. The monoisotopic (exact) mass is 302 g/mol. The average molecular weight is 303 g/mol. The van der Waals surface area contributed by atoms with Crippen molar-refractivity contribution in [3.8, 4) is 0 Å². The van der Waals surface area contributed by atoms with Gasteiger partial charge in [0.1, 0.15) is 5.69 Å². The van der Waals surface area contributed by atoms with E-state index in [2.05, 4.69) is 20.5 Å². The van der Waals surface area contributed by atoms with E-state index in [1.54, 1.807) is 0 Å². The van der Waals surface area contributed by atoms with E-state index in [1.807, 2.05) is 0 Å². The molecule has 0 radical (unpaired) electrons. The Morgan fingerprint density at radius 3 is 2.55 bits per heavy atom. The molecule has 2 rings (SSSR count). The highest BCUT2D eigenvalue weighted by molar-refractivity contribution is 6.33. The molecule has 2 aromatic heterocycles. The predicted molar refractivity (Wildman–Crippen MR) is 64.2 cm³/mol. The van der Waals surface area contributed by atoms with Crippen molar-refractivity contribution in [2.75, 3.05) is 5.32 Å². The van der Waals surface area contributed by atoms with Gasteiger partial charge in [-0.1, -0.05) is 11.6 Å². The quantitative estimate of drug-likeness (QED) is 0.926. The summed E-state index contributed by atoms with van der Waals surface area (Å²) < 4.78 is 37.0. The maximum absolute atomic E-state index is 12.3. The number of pyridine rings is 1. The van der Waals surface area contributed by atoms with Gasteiger partial charge in [-0.15, -0.1) is 5.10 Å². The smallest absolute Gasteiger partial charge is 0.320 e. The lowest BCUT2D eigenvalue weighted by atomic mass is 10.2. The molecule has 0 aliphatic rings. The van der Waals surface area contributed by atoms with Gasteiger partial charge in [-0.3, -0.25) is 4.79 Å². The summed E-state index contributed by atoms with van der Waals surface area (Å²) in [5, 5.41) is 9.20. The van der Waals surface area contributed by atoms with Crippen LogP contribution in [0.5, 0.6) is 0 Å². The standard InChI is InChI=1S/C11H6ClF3N4O/c12-9-7(3-4-17-19-9)10(20)18-6-1-2-8(16-5-6)11(13,14)15/h1-5H,(H,18,20). The van der Waals surface area contributed by atoms with Gasteiger partial charge in [-0.25, -0.2) is 4.98 Å². The Labute approximate surface area is 115 Å². The Bertz CT molecular complexity index is 630. The van der Waals surface area contributed by atoms with Crippen LogP contribution in [0.15, 0.2) is 30.6 Å². The first kappa shape index (κ1) is 14.2. The lowest BCUT2D eigenvalue weighted by Crippen LogP contribution is -2.14. The van der Waals surface area contributed by atoms with Crippen molar-refractivity contribution < 1.29 is 18.0 Å². The maximum Gasteiger partial charge on any atom is 0.433 e. The number of carbonyl (C=O) groups is 1. The predicted octanol–water partition coefficient (Wildman–Crippen LogP) is 2.80. The van der Waals surface area contributed by atoms with Gasteiger partial charge in [0.2, 0.25) is 0 Å². The summed E-state index contributed by atoms with van der Waals surface area (Å²) in [5.74, 6) is -0.619. The van der Waals surface area contributed by atoms with Crippen LogP contribution in [0.3, 0.4) is 0 Å². The number of alkyl halides is 3. The highest BCUT2D eigenvalue weighted by Gasteiger charge is 2.32. The molecule has 9 heteroatoms. The molecule has 0 aliphatic carbocycles. The van der Waals surface area contributed by atoms with Crippen molar-refractivity contribution >= 4 is 23.2 Å². The van der Waals surface area contributed by atoms with Gasteiger partial charge in [-0.05, 0) is 18.2 Å². The molecule has 2 aromatic rings. The third-order valence-corrected chi connectivity index (χ3v) is 2.51. The second-order valence-electron chi connectivity index (χ2n) is 3.62. The second kappa shape index (κ2) is 5.41. The van der Waals surface area contributed by atoms with E-state index < -0.39 is 17.8 Å². The van der Waals surface area contributed by atoms with E-state index in [-0.39, 0.29) is 16.4 Å². The van der Waals surface area contributed by atoms with Crippen molar-refractivity contribution in [3.63, 3.8) is 0 Å².